The Labute approximate surface area is 181 Å². The molecule has 160 valence electrons. The van der Waals surface area contributed by atoms with Crippen molar-refractivity contribution in [3.63, 3.8) is 0 Å². The second kappa shape index (κ2) is 9.23. The SMILES string of the molecule is CC(C)OC(=O)c1cc(-c2ccccc2)ccc1Oc1c(F)c(F)c(C#N)c(C#N)c1F. The lowest BCUT2D eigenvalue weighted by Crippen LogP contribution is -2.13. The van der Waals surface area contributed by atoms with Crippen LogP contribution in [0.25, 0.3) is 11.1 Å². The summed E-state index contributed by atoms with van der Waals surface area (Å²) in [5, 5.41) is 18.0. The summed E-state index contributed by atoms with van der Waals surface area (Å²) in [7, 11) is 0. The summed E-state index contributed by atoms with van der Waals surface area (Å²) in [5.74, 6) is -7.48. The molecular weight excluding hydrogens is 421 g/mol. The molecule has 5 nitrogen and oxygen atoms in total. The van der Waals surface area contributed by atoms with Crippen LogP contribution >= 0.6 is 0 Å². The smallest absolute Gasteiger partial charge is 0.342 e. The molecule has 0 saturated carbocycles. The summed E-state index contributed by atoms with van der Waals surface area (Å²) in [6, 6.07) is 15.8. The molecule has 0 saturated heterocycles. The molecule has 0 radical (unpaired) electrons. The van der Waals surface area contributed by atoms with Gasteiger partial charge in [0.15, 0.2) is 11.6 Å². The molecule has 0 aromatic heterocycles. The first-order chi connectivity index (χ1) is 15.3. The van der Waals surface area contributed by atoms with Gasteiger partial charge in [-0.15, -0.1) is 0 Å². The van der Waals surface area contributed by atoms with Crippen LogP contribution < -0.4 is 4.74 Å². The van der Waals surface area contributed by atoms with Crippen LogP contribution in [0.15, 0.2) is 48.5 Å². The predicted octanol–water partition coefficient (Wildman–Crippen LogP) is 5.87. The maximum atomic E-state index is 14.7. The van der Waals surface area contributed by atoms with Crippen molar-refractivity contribution in [1.29, 1.82) is 10.5 Å². The Balaban J connectivity index is 2.17. The average molecular weight is 436 g/mol. The van der Waals surface area contributed by atoms with Crippen LogP contribution in [0.4, 0.5) is 13.2 Å². The van der Waals surface area contributed by atoms with Crippen LogP contribution in [0, 0.1) is 40.1 Å². The summed E-state index contributed by atoms with van der Waals surface area (Å²) < 4.78 is 53.8. The Bertz CT molecular complexity index is 1280. The van der Waals surface area contributed by atoms with Crippen molar-refractivity contribution in [3.8, 4) is 34.8 Å². The molecule has 3 aromatic rings. The van der Waals surface area contributed by atoms with Gasteiger partial charge in [-0.3, -0.25) is 0 Å². The van der Waals surface area contributed by atoms with Crippen LogP contribution in [0.1, 0.15) is 35.3 Å². The van der Waals surface area contributed by atoms with Gasteiger partial charge in [0.05, 0.1) is 6.10 Å². The molecule has 0 amide bonds. The highest BCUT2D eigenvalue weighted by molar-refractivity contribution is 5.94. The number of rotatable bonds is 5. The molecule has 0 aliphatic rings. The number of hydrogen-bond donors (Lipinski definition) is 0. The zero-order chi connectivity index (χ0) is 23.4. The molecule has 0 unspecified atom stereocenters. The minimum atomic E-state index is -1.80. The molecule has 0 aliphatic heterocycles. The number of halogens is 3. The molecular formula is C24H15F3N2O3. The normalized spacial score (nSPS) is 10.4. The summed E-state index contributed by atoms with van der Waals surface area (Å²) in [6.07, 6.45) is -0.498. The van der Waals surface area contributed by atoms with Crippen LogP contribution in [-0.2, 0) is 4.74 Å². The third-order valence-electron chi connectivity index (χ3n) is 4.37. The molecule has 0 spiro atoms. The number of carbonyl (C=O) groups is 1. The first-order valence-corrected chi connectivity index (χ1v) is 9.37. The highest BCUT2D eigenvalue weighted by Gasteiger charge is 2.28. The predicted molar refractivity (Wildman–Crippen MR) is 108 cm³/mol. The molecule has 32 heavy (non-hydrogen) atoms. The van der Waals surface area contributed by atoms with Crippen molar-refractivity contribution >= 4 is 5.97 Å². The van der Waals surface area contributed by atoms with Gasteiger partial charge in [-0.05, 0) is 37.1 Å². The van der Waals surface area contributed by atoms with Crippen LogP contribution in [-0.4, -0.2) is 12.1 Å². The lowest BCUT2D eigenvalue weighted by molar-refractivity contribution is 0.0375. The summed E-state index contributed by atoms with van der Waals surface area (Å²) in [5.41, 5.74) is -0.894. The van der Waals surface area contributed by atoms with Gasteiger partial charge < -0.3 is 9.47 Å². The second-order valence-electron chi connectivity index (χ2n) is 6.88. The van der Waals surface area contributed by atoms with E-state index in [1.165, 1.54) is 30.3 Å². The third kappa shape index (κ3) is 4.26. The van der Waals surface area contributed by atoms with Gasteiger partial charge in [0, 0.05) is 0 Å². The Morgan fingerprint density at radius 3 is 2.09 bits per heavy atom. The monoisotopic (exact) mass is 436 g/mol. The molecule has 0 aliphatic carbocycles. The minimum Gasteiger partial charge on any atom is -0.459 e. The van der Waals surface area contributed by atoms with Crippen molar-refractivity contribution in [2.75, 3.05) is 0 Å². The van der Waals surface area contributed by atoms with Crippen LogP contribution in [0.2, 0.25) is 0 Å². The Kier molecular flexibility index (Phi) is 6.46. The van der Waals surface area contributed by atoms with E-state index in [4.69, 9.17) is 20.0 Å². The lowest BCUT2D eigenvalue weighted by atomic mass is 10.0. The Hall–Kier alpha value is -4.30. The minimum absolute atomic E-state index is 0.165. The van der Waals surface area contributed by atoms with E-state index in [0.29, 0.717) is 5.56 Å². The van der Waals surface area contributed by atoms with Gasteiger partial charge in [0.2, 0.25) is 11.6 Å². The van der Waals surface area contributed by atoms with E-state index in [1.807, 2.05) is 6.07 Å². The molecule has 8 heteroatoms. The quantitative estimate of drug-likeness (QED) is 0.369. The lowest BCUT2D eigenvalue weighted by Gasteiger charge is -2.16. The number of nitriles is 2. The van der Waals surface area contributed by atoms with Gasteiger partial charge in [-0.1, -0.05) is 36.4 Å². The fraction of sp³-hybridized carbons (Fsp3) is 0.125. The van der Waals surface area contributed by atoms with Gasteiger partial charge in [-0.25, -0.2) is 13.6 Å². The molecule has 0 atom stereocenters. The Morgan fingerprint density at radius 2 is 1.50 bits per heavy atom. The number of nitrogens with zero attached hydrogens (tertiary/aromatic N) is 2. The first kappa shape index (κ1) is 22.4. The molecule has 0 heterocycles. The standard InChI is InChI=1S/C24H15F3N2O3/c1-13(2)31-24(30)16-10-15(14-6-4-3-5-7-14)8-9-19(16)32-23-21(26)18(12-29)17(11-28)20(25)22(23)27/h3-10,13H,1-2H3. The largest absolute Gasteiger partial charge is 0.459 e. The van der Waals surface area contributed by atoms with Gasteiger partial charge in [0.25, 0.3) is 0 Å². The van der Waals surface area contributed by atoms with E-state index in [-0.39, 0.29) is 11.3 Å². The maximum Gasteiger partial charge on any atom is 0.342 e. The van der Waals surface area contributed by atoms with E-state index in [9.17, 15) is 18.0 Å². The van der Waals surface area contributed by atoms with E-state index in [0.717, 1.165) is 5.56 Å². The molecule has 0 N–H and O–H groups in total. The zero-order valence-corrected chi connectivity index (χ0v) is 16.9. The molecule has 3 rings (SSSR count). The van der Waals surface area contributed by atoms with Crippen molar-refractivity contribution < 1.29 is 27.4 Å². The zero-order valence-electron chi connectivity index (χ0n) is 16.9. The van der Waals surface area contributed by atoms with E-state index in [1.54, 1.807) is 38.1 Å². The summed E-state index contributed by atoms with van der Waals surface area (Å²) in [6.45, 7) is 3.24. The summed E-state index contributed by atoms with van der Waals surface area (Å²) >= 11 is 0. The van der Waals surface area contributed by atoms with Gasteiger partial charge in [0.1, 0.15) is 34.6 Å². The highest BCUT2D eigenvalue weighted by atomic mass is 19.2. The van der Waals surface area contributed by atoms with Crippen molar-refractivity contribution in [2.24, 2.45) is 0 Å². The van der Waals surface area contributed by atoms with Crippen LogP contribution in [0.3, 0.4) is 0 Å². The van der Waals surface area contributed by atoms with Crippen molar-refractivity contribution in [2.45, 2.75) is 20.0 Å². The molecule has 3 aromatic carbocycles. The Morgan fingerprint density at radius 1 is 0.875 bits per heavy atom. The highest BCUT2D eigenvalue weighted by Crippen LogP contribution is 2.36. The second-order valence-corrected chi connectivity index (χ2v) is 6.88. The molecule has 0 bridgehead atoms. The summed E-state index contributed by atoms with van der Waals surface area (Å²) in [4.78, 5) is 12.7. The fourth-order valence-electron chi connectivity index (χ4n) is 2.91. The number of carbonyl (C=O) groups excluding carboxylic acids is 1. The number of benzene rings is 3. The van der Waals surface area contributed by atoms with Gasteiger partial charge >= 0.3 is 5.97 Å². The topological polar surface area (TPSA) is 83.1 Å². The first-order valence-electron chi connectivity index (χ1n) is 9.37. The molecule has 0 fully saturated rings. The van der Waals surface area contributed by atoms with Crippen LogP contribution in [0.5, 0.6) is 11.5 Å². The fourth-order valence-corrected chi connectivity index (χ4v) is 2.91. The average Bonchev–Trinajstić information content (AvgIpc) is 2.79. The van der Waals surface area contributed by atoms with E-state index < -0.39 is 46.4 Å². The van der Waals surface area contributed by atoms with Crippen molar-refractivity contribution in [3.05, 3.63) is 82.7 Å². The number of ether oxygens (including phenoxy) is 2. The van der Waals surface area contributed by atoms with Crippen molar-refractivity contribution in [1.82, 2.24) is 0 Å². The van der Waals surface area contributed by atoms with Gasteiger partial charge in [-0.2, -0.15) is 14.9 Å². The van der Waals surface area contributed by atoms with E-state index in [2.05, 4.69) is 0 Å². The maximum absolute atomic E-state index is 14.7. The number of esters is 1. The number of hydrogen-bond acceptors (Lipinski definition) is 5. The third-order valence-corrected chi connectivity index (χ3v) is 4.37. The van der Waals surface area contributed by atoms with E-state index >= 15 is 0 Å².